The van der Waals surface area contributed by atoms with Crippen LogP contribution < -0.4 is 15.4 Å². The molecule has 11 heteroatoms. The monoisotopic (exact) mass is 437 g/mol. The summed E-state index contributed by atoms with van der Waals surface area (Å²) in [4.78, 5) is 12.1. The van der Waals surface area contributed by atoms with Crippen molar-refractivity contribution in [2.45, 2.75) is 30.5 Å². The molecule has 0 saturated heterocycles. The number of rotatable bonds is 4. The molecule has 142 valence electrons. The zero-order valence-electron chi connectivity index (χ0n) is 14.1. The molecule has 0 aliphatic carbocycles. The Balaban J connectivity index is 2.18. The minimum Gasteiger partial charge on any atom is -0.504 e. The Hall–Kier alpha value is -1.52. The number of hydrogen-bond acceptors (Lipinski definition) is 5. The van der Waals surface area contributed by atoms with Crippen molar-refractivity contribution in [3.63, 3.8) is 0 Å². The van der Waals surface area contributed by atoms with Crippen molar-refractivity contribution >= 4 is 62.0 Å². The van der Waals surface area contributed by atoms with Crippen LogP contribution in [0.5, 0.6) is 5.75 Å². The van der Waals surface area contributed by atoms with Gasteiger partial charge in [0.2, 0.25) is 0 Å². The van der Waals surface area contributed by atoms with Crippen molar-refractivity contribution in [3.8, 4) is 5.75 Å². The van der Waals surface area contributed by atoms with Crippen LogP contribution in [0.3, 0.4) is 0 Å². The van der Waals surface area contributed by atoms with Crippen molar-refractivity contribution < 1.29 is 18.3 Å². The van der Waals surface area contributed by atoms with E-state index < -0.39 is 27.3 Å². The third kappa shape index (κ3) is 5.01. The van der Waals surface area contributed by atoms with Crippen molar-refractivity contribution in [1.29, 1.82) is 0 Å². The van der Waals surface area contributed by atoms with E-state index in [1.54, 1.807) is 39.0 Å². The fourth-order valence-corrected chi connectivity index (χ4v) is 4.94. The van der Waals surface area contributed by atoms with E-state index in [0.29, 0.717) is 0 Å². The van der Waals surface area contributed by atoms with Gasteiger partial charge in [-0.3, -0.25) is 0 Å². The Morgan fingerprint density at radius 2 is 1.77 bits per heavy atom. The minimum atomic E-state index is -3.93. The number of hydrogen-bond donors (Lipinski definition) is 4. The lowest BCUT2D eigenvalue weighted by Crippen LogP contribution is -2.40. The van der Waals surface area contributed by atoms with E-state index in [4.69, 9.17) is 23.2 Å². The fourth-order valence-electron chi connectivity index (χ4n) is 1.94. The van der Waals surface area contributed by atoms with Gasteiger partial charge in [-0.25, -0.2) is 17.9 Å². The van der Waals surface area contributed by atoms with Gasteiger partial charge in [0.05, 0.1) is 21.4 Å². The van der Waals surface area contributed by atoms with Gasteiger partial charge in [-0.15, -0.1) is 11.3 Å². The first-order valence-corrected chi connectivity index (χ1v) is 10.4. The molecule has 7 nitrogen and oxygen atoms in total. The van der Waals surface area contributed by atoms with Crippen LogP contribution >= 0.6 is 34.5 Å². The number of aromatic hydroxyl groups is 1. The highest BCUT2D eigenvalue weighted by Gasteiger charge is 2.28. The maximum atomic E-state index is 12.3. The van der Waals surface area contributed by atoms with Gasteiger partial charge in [-0.05, 0) is 32.9 Å². The fraction of sp³-hybridized carbons (Fsp3) is 0.267. The van der Waals surface area contributed by atoms with E-state index in [1.165, 1.54) is 5.38 Å². The van der Waals surface area contributed by atoms with Gasteiger partial charge in [0.15, 0.2) is 9.96 Å². The van der Waals surface area contributed by atoms with Crippen LogP contribution in [0, 0.1) is 0 Å². The average Bonchev–Trinajstić information content (AvgIpc) is 2.83. The zero-order chi connectivity index (χ0) is 19.7. The number of thiophene rings is 1. The molecule has 1 heterocycles. The van der Waals surface area contributed by atoms with Crippen LogP contribution in [0.15, 0.2) is 27.8 Å². The number of nitrogens with one attached hydrogen (secondary N) is 3. The summed E-state index contributed by atoms with van der Waals surface area (Å²) in [6, 6.07) is 4.01. The van der Waals surface area contributed by atoms with Crippen LogP contribution in [0.1, 0.15) is 20.8 Å². The normalized spacial score (nSPS) is 12.0. The van der Waals surface area contributed by atoms with E-state index in [2.05, 4.69) is 15.4 Å². The second-order valence-corrected chi connectivity index (χ2v) is 9.86. The smallest absolute Gasteiger partial charge is 0.323 e. The molecule has 0 bridgehead atoms. The van der Waals surface area contributed by atoms with Gasteiger partial charge in [-0.2, -0.15) is 0 Å². The lowest BCUT2D eigenvalue weighted by Gasteiger charge is -2.19. The molecule has 0 fully saturated rings. The molecule has 0 aliphatic rings. The minimum absolute atomic E-state index is 0.0417. The maximum Gasteiger partial charge on any atom is 0.323 e. The molecule has 2 amide bonds. The highest BCUT2D eigenvalue weighted by Crippen LogP contribution is 2.38. The number of benzene rings is 1. The maximum absolute atomic E-state index is 12.3. The SMILES string of the molecule is CC(C)(C)NS(=O)(=O)c1scc(NC(=O)Nc2cccc(Cl)c2Cl)c1O. The molecule has 0 radical (unpaired) electrons. The molecule has 2 aromatic rings. The molecule has 0 spiro atoms. The lowest BCUT2D eigenvalue weighted by atomic mass is 10.1. The van der Waals surface area contributed by atoms with Crippen molar-refractivity contribution in [3.05, 3.63) is 33.6 Å². The Labute approximate surface area is 165 Å². The molecule has 0 saturated carbocycles. The molecule has 0 unspecified atom stereocenters. The van der Waals surface area contributed by atoms with Crippen LogP contribution in [0.2, 0.25) is 10.0 Å². The van der Waals surface area contributed by atoms with Crippen molar-refractivity contribution in [2.24, 2.45) is 0 Å². The van der Waals surface area contributed by atoms with E-state index in [-0.39, 0.29) is 25.6 Å². The van der Waals surface area contributed by atoms with Gasteiger partial charge in [0.1, 0.15) is 0 Å². The Morgan fingerprint density at radius 1 is 1.15 bits per heavy atom. The molecule has 1 aromatic carbocycles. The van der Waals surface area contributed by atoms with Gasteiger partial charge in [0, 0.05) is 10.9 Å². The standard InChI is InChI=1S/C15H17Cl2N3O4S2/c1-15(2,3)20-26(23,24)13-12(21)10(7-25-13)19-14(22)18-9-6-4-5-8(16)11(9)17/h4-7,20-21H,1-3H3,(H2,18,19,22). The summed E-state index contributed by atoms with van der Waals surface area (Å²) in [6.07, 6.45) is 0. The van der Waals surface area contributed by atoms with E-state index in [9.17, 15) is 18.3 Å². The number of anilines is 2. The van der Waals surface area contributed by atoms with E-state index in [1.807, 2.05) is 0 Å². The summed E-state index contributed by atoms with van der Waals surface area (Å²) in [5.41, 5.74) is -0.489. The Bertz CT molecular complexity index is 937. The highest BCUT2D eigenvalue weighted by atomic mass is 35.5. The van der Waals surface area contributed by atoms with Gasteiger partial charge >= 0.3 is 6.03 Å². The number of amides is 2. The van der Waals surface area contributed by atoms with E-state index in [0.717, 1.165) is 11.3 Å². The predicted molar refractivity (Wildman–Crippen MR) is 105 cm³/mol. The second kappa shape index (κ2) is 7.61. The van der Waals surface area contributed by atoms with Crippen molar-refractivity contribution in [1.82, 2.24) is 4.72 Å². The molecule has 0 aliphatic heterocycles. The predicted octanol–water partition coefficient (Wildman–Crippen LogP) is 4.48. The molecule has 2 rings (SSSR count). The summed E-state index contributed by atoms with van der Waals surface area (Å²) >= 11 is 12.6. The number of carbonyl (C=O) groups excluding carboxylic acids is 1. The third-order valence-electron chi connectivity index (χ3n) is 2.86. The molecule has 0 atom stereocenters. The first-order valence-electron chi connectivity index (χ1n) is 7.27. The summed E-state index contributed by atoms with van der Waals surface area (Å²) in [5, 5.41) is 16.8. The molecule has 4 N–H and O–H groups in total. The average molecular weight is 438 g/mol. The van der Waals surface area contributed by atoms with Crippen molar-refractivity contribution in [2.75, 3.05) is 10.6 Å². The molecular formula is C15H17Cl2N3O4S2. The van der Waals surface area contributed by atoms with Gasteiger partial charge in [0.25, 0.3) is 10.0 Å². The van der Waals surface area contributed by atoms with Crippen LogP contribution in [-0.2, 0) is 10.0 Å². The molecule has 1 aromatic heterocycles. The highest BCUT2D eigenvalue weighted by molar-refractivity contribution is 7.91. The lowest BCUT2D eigenvalue weighted by molar-refractivity contribution is 0.262. The molecule has 26 heavy (non-hydrogen) atoms. The van der Waals surface area contributed by atoms with Crippen LogP contribution in [-0.4, -0.2) is 25.1 Å². The van der Waals surface area contributed by atoms with Crippen LogP contribution in [0.4, 0.5) is 16.2 Å². The number of carbonyl (C=O) groups is 1. The zero-order valence-corrected chi connectivity index (χ0v) is 17.2. The molecular weight excluding hydrogens is 421 g/mol. The Kier molecular flexibility index (Phi) is 6.09. The third-order valence-corrected chi connectivity index (χ3v) is 6.95. The van der Waals surface area contributed by atoms with Crippen LogP contribution in [0.25, 0.3) is 0 Å². The van der Waals surface area contributed by atoms with Gasteiger partial charge < -0.3 is 15.7 Å². The topological polar surface area (TPSA) is 108 Å². The first kappa shape index (κ1) is 20.8. The van der Waals surface area contributed by atoms with Gasteiger partial charge in [-0.1, -0.05) is 29.3 Å². The largest absolute Gasteiger partial charge is 0.504 e. The summed E-state index contributed by atoms with van der Waals surface area (Å²) in [6.45, 7) is 5.03. The van der Waals surface area contributed by atoms with E-state index >= 15 is 0 Å². The summed E-state index contributed by atoms with van der Waals surface area (Å²) < 4.78 is 26.8. The summed E-state index contributed by atoms with van der Waals surface area (Å²) in [5.74, 6) is -0.543. The quantitative estimate of drug-likeness (QED) is 0.565. The first-order chi connectivity index (χ1) is 11.9. The second-order valence-electron chi connectivity index (χ2n) is 6.32. The number of halogens is 2. The summed E-state index contributed by atoms with van der Waals surface area (Å²) in [7, 11) is -3.93. The number of sulfonamides is 1. The Morgan fingerprint density at radius 3 is 2.38 bits per heavy atom. The number of urea groups is 1.